The van der Waals surface area contributed by atoms with E-state index in [2.05, 4.69) is 42.9 Å². The van der Waals surface area contributed by atoms with E-state index in [0.29, 0.717) is 11.5 Å². The fourth-order valence-corrected chi connectivity index (χ4v) is 2.44. The Balaban J connectivity index is 2.23. The third kappa shape index (κ3) is 4.39. The number of aromatic nitrogens is 4. The average Bonchev–Trinajstić information content (AvgIpc) is 3.13. The van der Waals surface area contributed by atoms with Crippen LogP contribution in [0.4, 0.5) is 17.5 Å². The van der Waals surface area contributed by atoms with Crippen LogP contribution in [-0.4, -0.2) is 27.4 Å². The Kier molecular flexibility index (Phi) is 6.89. The Morgan fingerprint density at radius 2 is 2.00 bits per heavy atom. The number of azo groups is 1. The molecule has 0 bridgehead atoms. The SMILES string of the molecule is CCCn1ncc(N=Nc2n(CCC[NH3+])cc[n+]2CCC[NH3+])c1N. The van der Waals surface area contributed by atoms with Crippen molar-refractivity contribution in [3.63, 3.8) is 0 Å². The lowest BCUT2D eigenvalue weighted by atomic mass is 10.4. The fraction of sp³-hybridized carbons (Fsp3) is 0.600. The summed E-state index contributed by atoms with van der Waals surface area (Å²) < 4.78 is 5.96. The zero-order valence-corrected chi connectivity index (χ0v) is 14.6. The van der Waals surface area contributed by atoms with Gasteiger partial charge in [-0.2, -0.15) is 5.10 Å². The van der Waals surface area contributed by atoms with E-state index in [9.17, 15) is 0 Å². The molecule has 0 amide bonds. The number of rotatable bonds is 10. The van der Waals surface area contributed by atoms with Crippen LogP contribution in [-0.2, 0) is 19.6 Å². The number of imidazole rings is 1. The number of nitrogen functional groups attached to an aromatic ring is 1. The molecular weight excluding hydrogens is 306 g/mol. The van der Waals surface area contributed by atoms with E-state index < -0.39 is 0 Å². The van der Waals surface area contributed by atoms with Crippen molar-refractivity contribution in [2.45, 2.75) is 45.8 Å². The molecule has 9 heteroatoms. The van der Waals surface area contributed by atoms with Gasteiger partial charge in [0.1, 0.15) is 0 Å². The highest BCUT2D eigenvalue weighted by Crippen LogP contribution is 2.23. The highest BCUT2D eigenvalue weighted by Gasteiger charge is 2.18. The lowest BCUT2D eigenvalue weighted by Crippen LogP contribution is -2.51. The molecule has 0 radical (unpaired) electrons. The van der Waals surface area contributed by atoms with Crippen LogP contribution in [0.15, 0.2) is 28.8 Å². The summed E-state index contributed by atoms with van der Waals surface area (Å²) in [5.74, 6) is 1.38. The summed E-state index contributed by atoms with van der Waals surface area (Å²) in [4.78, 5) is 0. The quantitative estimate of drug-likeness (QED) is 0.404. The fourth-order valence-electron chi connectivity index (χ4n) is 2.44. The van der Waals surface area contributed by atoms with E-state index >= 15 is 0 Å². The molecule has 0 aromatic carbocycles. The van der Waals surface area contributed by atoms with Crippen molar-refractivity contribution in [2.75, 3.05) is 18.8 Å². The summed E-state index contributed by atoms with van der Waals surface area (Å²) in [6.45, 7) is 6.41. The molecule has 0 saturated heterocycles. The van der Waals surface area contributed by atoms with Gasteiger partial charge in [-0.3, -0.25) is 0 Å². The first kappa shape index (κ1) is 18.1. The number of hydrogen-bond acceptors (Lipinski definition) is 4. The summed E-state index contributed by atoms with van der Waals surface area (Å²) in [6, 6.07) is 0. The minimum Gasteiger partial charge on any atom is -0.382 e. The van der Waals surface area contributed by atoms with Crippen molar-refractivity contribution >= 4 is 17.5 Å². The summed E-state index contributed by atoms with van der Waals surface area (Å²) in [5.41, 5.74) is 14.5. The molecule has 0 spiro atoms. The van der Waals surface area contributed by atoms with E-state index in [-0.39, 0.29) is 0 Å². The molecule has 0 aliphatic rings. The molecule has 2 rings (SSSR count). The average molecular weight is 336 g/mol. The lowest BCUT2D eigenvalue weighted by Gasteiger charge is -2.00. The van der Waals surface area contributed by atoms with E-state index in [1.807, 2.05) is 12.4 Å². The standard InChI is InChI=1S/C15H27N9/c1-2-7-24-14(18)13(12-19-24)20-21-15-22(8-3-5-16)10-11-23(15)9-4-6-17/h10-12,18H,2-9,16-17H2,1H3/p+3. The topological polar surface area (TPSA) is 133 Å². The van der Waals surface area contributed by atoms with Gasteiger partial charge in [-0.1, -0.05) is 12.0 Å². The van der Waals surface area contributed by atoms with Crippen molar-refractivity contribution in [2.24, 2.45) is 10.2 Å². The Bertz CT molecular complexity index is 630. The molecule has 0 saturated carbocycles. The van der Waals surface area contributed by atoms with Gasteiger partial charge in [-0.05, 0) is 6.42 Å². The number of hydrogen-bond donors (Lipinski definition) is 3. The van der Waals surface area contributed by atoms with Crippen molar-refractivity contribution in [1.82, 2.24) is 14.3 Å². The Morgan fingerprint density at radius 1 is 1.21 bits per heavy atom. The second-order valence-corrected chi connectivity index (χ2v) is 5.74. The van der Waals surface area contributed by atoms with Gasteiger partial charge in [-0.25, -0.2) is 13.8 Å². The molecule has 0 aliphatic heterocycles. The Labute approximate surface area is 142 Å². The minimum absolute atomic E-state index is 0.556. The van der Waals surface area contributed by atoms with Gasteiger partial charge in [0.05, 0.1) is 44.8 Å². The first-order valence-corrected chi connectivity index (χ1v) is 8.61. The number of quaternary nitrogens is 2. The zero-order chi connectivity index (χ0) is 17.4. The molecule has 2 aromatic heterocycles. The summed E-state index contributed by atoms with van der Waals surface area (Å²) >= 11 is 0. The molecule has 8 N–H and O–H groups in total. The number of nitrogens with two attached hydrogens (primary N) is 1. The van der Waals surface area contributed by atoms with Crippen molar-refractivity contribution in [1.29, 1.82) is 0 Å². The molecule has 0 fully saturated rings. The maximum Gasteiger partial charge on any atom is 0.421 e. The summed E-state index contributed by atoms with van der Waals surface area (Å²) in [6.07, 6.45) is 8.72. The summed E-state index contributed by atoms with van der Waals surface area (Å²) in [5, 5.41) is 13.0. The molecule has 0 aliphatic carbocycles. The highest BCUT2D eigenvalue weighted by atomic mass is 15.3. The molecular formula is C15H30N9+3. The van der Waals surface area contributed by atoms with Crippen LogP contribution in [0.25, 0.3) is 0 Å². The van der Waals surface area contributed by atoms with E-state index in [0.717, 1.165) is 57.9 Å². The predicted molar refractivity (Wildman–Crippen MR) is 90.5 cm³/mol. The molecule has 24 heavy (non-hydrogen) atoms. The molecule has 132 valence electrons. The van der Waals surface area contributed by atoms with Gasteiger partial charge in [0.2, 0.25) is 0 Å². The maximum absolute atomic E-state index is 6.08. The van der Waals surface area contributed by atoms with Gasteiger partial charge in [-0.15, -0.1) is 0 Å². The first-order valence-electron chi connectivity index (χ1n) is 8.61. The zero-order valence-electron chi connectivity index (χ0n) is 14.6. The van der Waals surface area contributed by atoms with Crippen LogP contribution in [0.3, 0.4) is 0 Å². The molecule has 2 aromatic rings. The molecule has 9 nitrogen and oxygen atoms in total. The van der Waals surface area contributed by atoms with Gasteiger partial charge < -0.3 is 17.2 Å². The minimum atomic E-state index is 0.556. The van der Waals surface area contributed by atoms with Crippen LogP contribution in [0.5, 0.6) is 0 Å². The smallest absolute Gasteiger partial charge is 0.382 e. The van der Waals surface area contributed by atoms with Crippen LogP contribution in [0.2, 0.25) is 0 Å². The van der Waals surface area contributed by atoms with Crippen LogP contribution in [0.1, 0.15) is 26.2 Å². The summed E-state index contributed by atoms with van der Waals surface area (Å²) in [7, 11) is 0. The number of nitrogens with zero attached hydrogens (tertiary/aromatic N) is 6. The molecule has 2 heterocycles. The number of anilines is 1. The largest absolute Gasteiger partial charge is 0.421 e. The van der Waals surface area contributed by atoms with E-state index in [1.165, 1.54) is 0 Å². The van der Waals surface area contributed by atoms with Gasteiger partial charge in [0.25, 0.3) is 0 Å². The first-order chi connectivity index (χ1) is 11.7. The van der Waals surface area contributed by atoms with Gasteiger partial charge in [0, 0.05) is 24.5 Å². The van der Waals surface area contributed by atoms with Gasteiger partial charge >= 0.3 is 5.95 Å². The monoisotopic (exact) mass is 336 g/mol. The Morgan fingerprint density at radius 3 is 2.71 bits per heavy atom. The van der Waals surface area contributed by atoms with Crippen molar-refractivity contribution in [3.8, 4) is 0 Å². The maximum atomic E-state index is 6.08. The molecule has 0 atom stereocenters. The second-order valence-electron chi connectivity index (χ2n) is 5.74. The third-order valence-corrected chi connectivity index (χ3v) is 3.78. The predicted octanol–water partition coefficient (Wildman–Crippen LogP) is -0.356. The van der Waals surface area contributed by atoms with Crippen LogP contribution >= 0.6 is 0 Å². The van der Waals surface area contributed by atoms with Gasteiger partial charge in [0.15, 0.2) is 11.5 Å². The normalized spacial score (nSPS) is 11.6. The van der Waals surface area contributed by atoms with Crippen LogP contribution < -0.4 is 21.8 Å². The Hall–Kier alpha value is -2.26. The number of aryl methyl sites for hydroxylation is 3. The highest BCUT2D eigenvalue weighted by molar-refractivity contribution is 5.56. The third-order valence-electron chi connectivity index (χ3n) is 3.78. The van der Waals surface area contributed by atoms with Crippen molar-refractivity contribution in [3.05, 3.63) is 18.6 Å². The van der Waals surface area contributed by atoms with E-state index in [4.69, 9.17) is 5.73 Å². The second kappa shape index (κ2) is 9.14. The van der Waals surface area contributed by atoms with E-state index in [1.54, 1.807) is 10.9 Å². The van der Waals surface area contributed by atoms with Crippen molar-refractivity contribution < 1.29 is 16.0 Å². The van der Waals surface area contributed by atoms with Crippen LogP contribution in [0, 0.1) is 0 Å². The lowest BCUT2D eigenvalue weighted by molar-refractivity contribution is -0.686. The molecule has 0 unspecified atom stereocenters.